The molecule has 2 aliphatic heterocycles. The van der Waals surface area contributed by atoms with Crippen LogP contribution in [-0.4, -0.2) is 39.9 Å². The van der Waals surface area contributed by atoms with Crippen LogP contribution in [0.2, 0.25) is 0 Å². The van der Waals surface area contributed by atoms with Gasteiger partial charge in [0.25, 0.3) is 0 Å². The highest BCUT2D eigenvalue weighted by molar-refractivity contribution is 9.22. The molecular formula is C32H18BrClN8. The van der Waals surface area contributed by atoms with Crippen LogP contribution in [0.5, 0.6) is 0 Å². The van der Waals surface area contributed by atoms with Gasteiger partial charge in [0.15, 0.2) is 23.3 Å². The maximum Gasteiger partial charge on any atom is 0.164 e. The number of H-pyrrole nitrogens is 2. The molecule has 9 rings (SSSR count). The summed E-state index contributed by atoms with van der Waals surface area (Å²) in [5.74, 6) is 2.39. The number of nitrogens with zero attached hydrogens (tertiary/aromatic N) is 6. The summed E-state index contributed by atoms with van der Waals surface area (Å²) in [6.07, 6.45) is 0. The Bertz CT molecular complexity index is 2040. The van der Waals surface area contributed by atoms with Crippen LogP contribution < -0.4 is 0 Å². The van der Waals surface area contributed by atoms with E-state index in [4.69, 9.17) is 29.9 Å². The Kier molecular flexibility index (Phi) is 5.80. The van der Waals surface area contributed by atoms with Gasteiger partial charge in [-0.05, 0) is 10.1 Å². The first-order chi connectivity index (χ1) is 20.8. The van der Waals surface area contributed by atoms with E-state index in [1.54, 1.807) is 0 Å². The molecule has 3 aromatic heterocycles. The van der Waals surface area contributed by atoms with E-state index < -0.39 is 0 Å². The zero-order valence-electron chi connectivity index (χ0n) is 21.7. The molecule has 200 valence electrons. The van der Waals surface area contributed by atoms with Crippen molar-refractivity contribution in [1.29, 1.82) is 0 Å². The Hall–Kier alpha value is -4.99. The molecule has 2 aliphatic rings. The van der Waals surface area contributed by atoms with Crippen molar-refractivity contribution in [1.82, 2.24) is 39.9 Å². The summed E-state index contributed by atoms with van der Waals surface area (Å²) in [6, 6.07) is 32.2. The maximum atomic E-state index is 5.02. The summed E-state index contributed by atoms with van der Waals surface area (Å²) in [7, 11) is 4.45. The number of fused-ring (bicyclic) bond motifs is 20. The molecule has 0 saturated heterocycles. The topological polar surface area (TPSA) is 109 Å². The van der Waals surface area contributed by atoms with E-state index in [0.717, 1.165) is 43.8 Å². The Morgan fingerprint density at radius 3 is 0.857 bits per heavy atom. The number of rotatable bonds is 0. The highest BCUT2D eigenvalue weighted by Crippen LogP contribution is 2.36. The number of aromatic nitrogens is 8. The molecule has 0 amide bonds. The van der Waals surface area contributed by atoms with Crippen molar-refractivity contribution in [3.63, 3.8) is 0 Å². The van der Waals surface area contributed by atoms with E-state index in [0.29, 0.717) is 45.9 Å². The van der Waals surface area contributed by atoms with Gasteiger partial charge in [0.1, 0.15) is 22.6 Å². The van der Waals surface area contributed by atoms with E-state index in [-0.39, 0.29) is 0 Å². The molecule has 2 N–H and O–H groups in total. The largest absolute Gasteiger partial charge is 0.324 e. The second kappa shape index (κ2) is 9.83. The summed E-state index contributed by atoms with van der Waals surface area (Å²) in [6.45, 7) is 0. The number of hydrogen-bond donors (Lipinski definition) is 2. The zero-order valence-corrected chi connectivity index (χ0v) is 24.0. The van der Waals surface area contributed by atoms with E-state index in [1.165, 1.54) is 0 Å². The maximum absolute atomic E-state index is 5.02. The third-order valence-corrected chi connectivity index (χ3v) is 7.46. The van der Waals surface area contributed by atoms with Gasteiger partial charge in [-0.2, -0.15) is 0 Å². The molecule has 4 aromatic carbocycles. The number of hydrogen-bond acceptors (Lipinski definition) is 6. The van der Waals surface area contributed by atoms with Gasteiger partial charge in [0, 0.05) is 58.8 Å². The summed E-state index contributed by atoms with van der Waals surface area (Å²) in [5, 5.41) is 3.82. The van der Waals surface area contributed by atoms with E-state index in [2.05, 4.69) is 35.1 Å². The quantitative estimate of drug-likeness (QED) is 0.174. The molecule has 0 spiro atoms. The van der Waals surface area contributed by atoms with Gasteiger partial charge >= 0.3 is 0 Å². The lowest BCUT2D eigenvalue weighted by atomic mass is 10.1. The Labute approximate surface area is 250 Å². The predicted octanol–water partition coefficient (Wildman–Crippen LogP) is 8.40. The first-order valence-corrected chi connectivity index (χ1v) is 15.2. The lowest BCUT2D eigenvalue weighted by Crippen LogP contribution is -1.82. The minimum atomic E-state index is 0.597. The lowest BCUT2D eigenvalue weighted by Gasteiger charge is -1.96. The molecule has 0 unspecified atom stereocenters. The second-order valence-corrected chi connectivity index (χ2v) is 9.79. The van der Waals surface area contributed by atoms with Crippen molar-refractivity contribution in [2.45, 2.75) is 0 Å². The minimum absolute atomic E-state index is 0.597. The fourth-order valence-corrected chi connectivity index (χ4v) is 5.59. The van der Waals surface area contributed by atoms with Crippen molar-refractivity contribution in [3.8, 4) is 45.6 Å². The molecule has 0 aliphatic carbocycles. The van der Waals surface area contributed by atoms with Crippen LogP contribution in [0.3, 0.4) is 0 Å². The van der Waals surface area contributed by atoms with Crippen molar-refractivity contribution < 1.29 is 0 Å². The summed E-state index contributed by atoms with van der Waals surface area (Å²) in [5.41, 5.74) is 6.45. The minimum Gasteiger partial charge on any atom is -0.324 e. The smallest absolute Gasteiger partial charge is 0.164 e. The fraction of sp³-hybridized carbons (Fsp3) is 0. The van der Waals surface area contributed by atoms with Gasteiger partial charge in [-0.15, -0.1) is 0 Å². The average Bonchev–Trinajstić information content (AvgIpc) is 3.78. The third kappa shape index (κ3) is 3.82. The van der Waals surface area contributed by atoms with Gasteiger partial charge in [0.05, 0.1) is 0 Å². The number of nitrogens with one attached hydrogen (secondary N) is 2. The van der Waals surface area contributed by atoms with Gasteiger partial charge in [-0.25, -0.2) is 29.9 Å². The molecular weight excluding hydrogens is 612 g/mol. The molecule has 7 aromatic rings. The van der Waals surface area contributed by atoms with Crippen LogP contribution in [0.15, 0.2) is 97.1 Å². The first kappa shape index (κ1) is 24.8. The van der Waals surface area contributed by atoms with Crippen molar-refractivity contribution in [2.24, 2.45) is 0 Å². The predicted molar refractivity (Wildman–Crippen MR) is 171 cm³/mol. The molecule has 0 saturated carbocycles. The van der Waals surface area contributed by atoms with Crippen LogP contribution in [0.25, 0.3) is 89.7 Å². The van der Waals surface area contributed by atoms with E-state index in [1.807, 2.05) is 97.1 Å². The molecule has 0 radical (unpaired) electrons. The van der Waals surface area contributed by atoms with Crippen LogP contribution in [0.1, 0.15) is 0 Å². The van der Waals surface area contributed by atoms with Gasteiger partial charge in [0.2, 0.25) is 0 Å². The van der Waals surface area contributed by atoms with Gasteiger partial charge in [-0.3, -0.25) is 0 Å². The molecule has 0 fully saturated rings. The van der Waals surface area contributed by atoms with Gasteiger partial charge in [-0.1, -0.05) is 97.1 Å². The van der Waals surface area contributed by atoms with Crippen LogP contribution in [0, 0.1) is 0 Å². The van der Waals surface area contributed by atoms with Crippen LogP contribution >= 0.6 is 25.1 Å². The van der Waals surface area contributed by atoms with E-state index in [9.17, 15) is 0 Å². The molecule has 10 heteroatoms. The summed E-state index contributed by atoms with van der Waals surface area (Å²) >= 11 is 2.41. The standard InChI is InChI=1S/C32H18N8.BrCl/c1-2-10-18-17(9-1)25-33-26(18)38-28-21-13-5-6-14-22(21)30(35-28)40-32-24-16-8-7-15-23(24)31(36-32)39-29-20-12-4-3-11-19(20)27(34-29)37-25;1-2/h1-16H,(H2,33,34,35,36,37,38,39,40);. The normalized spacial score (nSPS) is 11.6. The van der Waals surface area contributed by atoms with E-state index >= 15 is 0 Å². The molecule has 8 nitrogen and oxygen atoms in total. The lowest BCUT2D eigenvalue weighted by molar-refractivity contribution is 1.19. The Morgan fingerprint density at radius 2 is 0.595 bits per heavy atom. The highest BCUT2D eigenvalue weighted by Gasteiger charge is 2.21. The SMILES string of the molecule is ClBr.c1ccc2c(c1)-c1nc-2nc2[nH]c(nc3nc(nc4[nH]c(n1)c1ccccc41)-c1ccccc1-3)c1ccccc21. The first-order valence-electron chi connectivity index (χ1n) is 13.1. The second-order valence-electron chi connectivity index (χ2n) is 9.79. The zero-order chi connectivity index (χ0) is 28.2. The highest BCUT2D eigenvalue weighted by atomic mass is 79.9. The molecule has 0 atom stereocenters. The number of halogens is 2. The third-order valence-electron chi connectivity index (χ3n) is 7.46. The summed E-state index contributed by atoms with van der Waals surface area (Å²) < 4.78 is 0. The summed E-state index contributed by atoms with van der Waals surface area (Å²) in [4.78, 5) is 36.8. The molecule has 8 bridgehead atoms. The van der Waals surface area contributed by atoms with Crippen LogP contribution in [0.4, 0.5) is 0 Å². The average molecular weight is 630 g/mol. The van der Waals surface area contributed by atoms with Crippen molar-refractivity contribution >= 4 is 69.3 Å². The molecule has 5 heterocycles. The molecule has 42 heavy (non-hydrogen) atoms. The van der Waals surface area contributed by atoms with Gasteiger partial charge < -0.3 is 9.97 Å². The Morgan fingerprint density at radius 1 is 0.357 bits per heavy atom. The fourth-order valence-electron chi connectivity index (χ4n) is 5.59. The van der Waals surface area contributed by atoms with Crippen molar-refractivity contribution in [2.75, 3.05) is 0 Å². The monoisotopic (exact) mass is 628 g/mol. The van der Waals surface area contributed by atoms with Crippen molar-refractivity contribution in [3.05, 3.63) is 97.1 Å². The van der Waals surface area contributed by atoms with Crippen LogP contribution in [-0.2, 0) is 0 Å². The number of aromatic amines is 2. The Balaban J connectivity index is 0.00000131. The number of benzene rings is 4.